The summed E-state index contributed by atoms with van der Waals surface area (Å²) in [4.78, 5) is 29.3. The number of nitrogens with zero attached hydrogens (tertiary/aromatic N) is 2. The minimum absolute atomic E-state index is 0.184. The van der Waals surface area contributed by atoms with Gasteiger partial charge in [0, 0.05) is 18.1 Å². The smallest absolute Gasteiger partial charge is 0.282 e. The van der Waals surface area contributed by atoms with Crippen LogP contribution < -0.4 is 15.6 Å². The summed E-state index contributed by atoms with van der Waals surface area (Å²) in [5.41, 5.74) is 1.76. The quantitative estimate of drug-likeness (QED) is 0.781. The van der Waals surface area contributed by atoms with E-state index in [2.05, 4.69) is 10.3 Å². The molecule has 25 heavy (non-hydrogen) atoms. The molecular formula is C18H16ClN3O3. The molecule has 0 unspecified atom stereocenters. The zero-order valence-electron chi connectivity index (χ0n) is 14.0. The molecule has 0 bridgehead atoms. The van der Waals surface area contributed by atoms with E-state index in [-0.39, 0.29) is 5.69 Å². The van der Waals surface area contributed by atoms with Gasteiger partial charge in [-0.15, -0.1) is 0 Å². The van der Waals surface area contributed by atoms with Crippen molar-refractivity contribution >= 4 is 34.2 Å². The molecule has 0 fully saturated rings. The van der Waals surface area contributed by atoms with Crippen LogP contribution >= 0.6 is 11.6 Å². The number of hydrogen-bond acceptors (Lipinski definition) is 4. The highest BCUT2D eigenvalue weighted by Crippen LogP contribution is 2.31. The first-order chi connectivity index (χ1) is 11.9. The Hall–Kier alpha value is -2.86. The van der Waals surface area contributed by atoms with E-state index >= 15 is 0 Å². The van der Waals surface area contributed by atoms with E-state index in [1.54, 1.807) is 37.4 Å². The number of carbonyl (C=O) groups excluding carboxylic acids is 1. The van der Waals surface area contributed by atoms with Gasteiger partial charge in [0.15, 0.2) is 5.69 Å². The van der Waals surface area contributed by atoms with Crippen molar-refractivity contribution in [1.29, 1.82) is 0 Å². The zero-order valence-corrected chi connectivity index (χ0v) is 14.7. The number of anilines is 1. The summed E-state index contributed by atoms with van der Waals surface area (Å²) in [6, 6.07) is 10.4. The van der Waals surface area contributed by atoms with Gasteiger partial charge >= 0.3 is 0 Å². The number of hydrogen-bond donors (Lipinski definition) is 1. The Balaban J connectivity index is 2.06. The molecule has 7 heteroatoms. The number of halogens is 1. The molecule has 128 valence electrons. The highest BCUT2D eigenvalue weighted by molar-refractivity contribution is 6.31. The van der Waals surface area contributed by atoms with Gasteiger partial charge in [0.25, 0.3) is 11.5 Å². The first-order valence-corrected chi connectivity index (χ1v) is 7.91. The van der Waals surface area contributed by atoms with E-state index in [1.807, 2.05) is 13.0 Å². The molecule has 0 aliphatic heterocycles. The van der Waals surface area contributed by atoms with Crippen LogP contribution in [0.2, 0.25) is 5.02 Å². The van der Waals surface area contributed by atoms with Gasteiger partial charge in [-0.3, -0.25) is 9.59 Å². The molecule has 1 aromatic heterocycles. The Morgan fingerprint density at radius 2 is 2.00 bits per heavy atom. The molecule has 0 saturated carbocycles. The lowest BCUT2D eigenvalue weighted by Crippen LogP contribution is -2.29. The molecule has 0 aliphatic rings. The van der Waals surface area contributed by atoms with Crippen LogP contribution in [0.5, 0.6) is 5.75 Å². The maximum Gasteiger partial charge on any atom is 0.282 e. The van der Waals surface area contributed by atoms with Crippen molar-refractivity contribution in [2.45, 2.75) is 6.92 Å². The number of benzene rings is 2. The van der Waals surface area contributed by atoms with Gasteiger partial charge in [-0.05, 0) is 30.7 Å². The van der Waals surface area contributed by atoms with E-state index in [1.165, 1.54) is 11.7 Å². The third kappa shape index (κ3) is 3.08. The Morgan fingerprint density at radius 3 is 2.72 bits per heavy atom. The van der Waals surface area contributed by atoms with Crippen molar-refractivity contribution in [3.8, 4) is 5.75 Å². The molecule has 3 rings (SSSR count). The van der Waals surface area contributed by atoms with Crippen LogP contribution in [0.1, 0.15) is 16.1 Å². The maximum atomic E-state index is 12.6. The summed E-state index contributed by atoms with van der Waals surface area (Å²) in [7, 11) is 3.08. The lowest BCUT2D eigenvalue weighted by atomic mass is 10.2. The first kappa shape index (κ1) is 17.0. The molecule has 6 nitrogen and oxygen atoms in total. The van der Waals surface area contributed by atoms with Crippen molar-refractivity contribution in [1.82, 2.24) is 9.55 Å². The average Bonchev–Trinajstić information content (AvgIpc) is 2.61. The number of aromatic nitrogens is 2. The van der Waals surface area contributed by atoms with E-state index in [0.29, 0.717) is 27.5 Å². The van der Waals surface area contributed by atoms with Gasteiger partial charge in [0.05, 0.1) is 23.8 Å². The fourth-order valence-electron chi connectivity index (χ4n) is 2.54. The van der Waals surface area contributed by atoms with Crippen molar-refractivity contribution in [2.75, 3.05) is 12.4 Å². The Labute approximate surface area is 149 Å². The number of rotatable bonds is 3. The molecule has 3 aromatic rings. The lowest BCUT2D eigenvalue weighted by Gasteiger charge is -2.12. The zero-order chi connectivity index (χ0) is 18.1. The number of methoxy groups -OCH3 is 1. The summed E-state index contributed by atoms with van der Waals surface area (Å²) >= 11 is 6.07. The van der Waals surface area contributed by atoms with Crippen molar-refractivity contribution < 1.29 is 9.53 Å². The number of ether oxygens (including phenoxy) is 1. The maximum absolute atomic E-state index is 12.6. The highest BCUT2D eigenvalue weighted by atomic mass is 35.5. The van der Waals surface area contributed by atoms with Gasteiger partial charge in [-0.25, -0.2) is 4.98 Å². The average molecular weight is 358 g/mol. The van der Waals surface area contributed by atoms with Gasteiger partial charge in [0.2, 0.25) is 0 Å². The molecule has 0 saturated heterocycles. The van der Waals surface area contributed by atoms with Crippen molar-refractivity contribution in [2.24, 2.45) is 7.05 Å². The van der Waals surface area contributed by atoms with Gasteiger partial charge in [-0.2, -0.15) is 0 Å². The fourth-order valence-corrected chi connectivity index (χ4v) is 2.69. The molecule has 1 amide bonds. The summed E-state index contributed by atoms with van der Waals surface area (Å²) < 4.78 is 6.64. The van der Waals surface area contributed by atoms with Crippen LogP contribution in [-0.4, -0.2) is 22.6 Å². The van der Waals surface area contributed by atoms with Gasteiger partial charge in [0.1, 0.15) is 5.75 Å². The van der Waals surface area contributed by atoms with Crippen LogP contribution in [0, 0.1) is 6.92 Å². The van der Waals surface area contributed by atoms with Gasteiger partial charge in [-0.1, -0.05) is 23.7 Å². The van der Waals surface area contributed by atoms with E-state index in [0.717, 1.165) is 5.56 Å². The predicted octanol–water partition coefficient (Wildman–Crippen LogP) is 3.16. The number of amides is 1. The largest absolute Gasteiger partial charge is 0.495 e. The number of carbonyl (C=O) groups is 1. The highest BCUT2D eigenvalue weighted by Gasteiger charge is 2.18. The lowest BCUT2D eigenvalue weighted by molar-refractivity contribution is 0.102. The molecule has 2 aromatic carbocycles. The first-order valence-electron chi connectivity index (χ1n) is 7.53. The number of para-hydroxylation sites is 2. The Bertz CT molecular complexity index is 1040. The second-order valence-electron chi connectivity index (χ2n) is 5.57. The molecule has 1 N–H and O–H groups in total. The molecule has 0 aliphatic carbocycles. The topological polar surface area (TPSA) is 73.2 Å². The van der Waals surface area contributed by atoms with E-state index < -0.39 is 11.5 Å². The molecule has 0 atom stereocenters. The second kappa shape index (κ2) is 6.57. The second-order valence-corrected chi connectivity index (χ2v) is 5.98. The van der Waals surface area contributed by atoms with E-state index in [4.69, 9.17) is 16.3 Å². The molecule has 0 spiro atoms. The van der Waals surface area contributed by atoms with Crippen LogP contribution in [0.4, 0.5) is 5.69 Å². The minimum Gasteiger partial charge on any atom is -0.495 e. The standard InChI is InChI=1S/C18H16ClN3O3/c1-10-8-13(15(25-3)9-11(10)19)21-17(23)16-18(24)22(2)14-7-5-4-6-12(14)20-16/h4-9H,1-3H3,(H,21,23). The fraction of sp³-hybridized carbons (Fsp3) is 0.167. The number of aryl methyl sites for hydroxylation is 2. The molecule has 1 heterocycles. The van der Waals surface area contributed by atoms with E-state index in [9.17, 15) is 9.59 Å². The Kier molecular flexibility index (Phi) is 4.46. The van der Waals surface area contributed by atoms with Crippen LogP contribution in [0.15, 0.2) is 41.2 Å². The monoisotopic (exact) mass is 357 g/mol. The van der Waals surface area contributed by atoms with Gasteiger partial charge < -0.3 is 14.6 Å². The summed E-state index contributed by atoms with van der Waals surface area (Å²) in [5.74, 6) is -0.201. The normalized spacial score (nSPS) is 10.7. The van der Waals surface area contributed by atoms with Crippen molar-refractivity contribution in [3.05, 3.63) is 63.0 Å². The van der Waals surface area contributed by atoms with Crippen LogP contribution in [0.3, 0.4) is 0 Å². The minimum atomic E-state index is -0.605. The number of fused-ring (bicyclic) bond motifs is 1. The van der Waals surface area contributed by atoms with Crippen LogP contribution in [0.25, 0.3) is 11.0 Å². The Morgan fingerprint density at radius 1 is 1.28 bits per heavy atom. The van der Waals surface area contributed by atoms with Crippen molar-refractivity contribution in [3.63, 3.8) is 0 Å². The van der Waals surface area contributed by atoms with Crippen LogP contribution in [-0.2, 0) is 7.05 Å². The summed E-state index contributed by atoms with van der Waals surface area (Å²) in [5, 5.41) is 3.20. The third-order valence-corrected chi connectivity index (χ3v) is 4.33. The molecule has 0 radical (unpaired) electrons. The summed E-state index contributed by atoms with van der Waals surface area (Å²) in [6.07, 6.45) is 0. The predicted molar refractivity (Wildman–Crippen MR) is 97.7 cm³/mol. The third-order valence-electron chi connectivity index (χ3n) is 3.93. The molecular weight excluding hydrogens is 342 g/mol. The number of nitrogens with one attached hydrogen (secondary N) is 1. The summed E-state index contributed by atoms with van der Waals surface area (Å²) in [6.45, 7) is 1.81. The SMILES string of the molecule is COc1cc(Cl)c(C)cc1NC(=O)c1nc2ccccc2n(C)c1=O.